The molecule has 2 amide bonds. The molecule has 0 saturated heterocycles. The van der Waals surface area contributed by atoms with Crippen LogP contribution >= 0.6 is 0 Å². The van der Waals surface area contributed by atoms with Crippen LogP contribution in [0, 0.1) is 5.92 Å². The highest BCUT2D eigenvalue weighted by molar-refractivity contribution is 5.76. The third-order valence-electron chi connectivity index (χ3n) is 3.20. The first-order valence-electron chi connectivity index (χ1n) is 6.87. The lowest BCUT2D eigenvalue weighted by molar-refractivity contribution is -0.141. The molecule has 1 unspecified atom stereocenters. The van der Waals surface area contributed by atoms with Crippen LogP contribution in [0.3, 0.4) is 0 Å². The van der Waals surface area contributed by atoms with Crippen LogP contribution in [0.25, 0.3) is 0 Å². The van der Waals surface area contributed by atoms with Gasteiger partial charge in [-0.15, -0.1) is 0 Å². The molecule has 1 rings (SSSR count). The summed E-state index contributed by atoms with van der Waals surface area (Å²) in [5.41, 5.74) is 0. The van der Waals surface area contributed by atoms with Gasteiger partial charge in [0.15, 0.2) is 0 Å². The number of urea groups is 1. The molecule has 0 radical (unpaired) electrons. The van der Waals surface area contributed by atoms with E-state index in [4.69, 9.17) is 5.11 Å². The first-order chi connectivity index (χ1) is 8.60. The Balaban J connectivity index is 2.39. The second kappa shape index (κ2) is 7.24. The fourth-order valence-electron chi connectivity index (χ4n) is 2.05. The summed E-state index contributed by atoms with van der Waals surface area (Å²) in [6, 6.07) is 0.265. The standard InChI is InChI=1S/C13H24N2O3/c1-3-5-10(12(16)17)9-14-13(18)15(8-4-2)11-6-7-11/h10-11H,3-9H2,1-2H3,(H,14,18)(H,16,17). The zero-order chi connectivity index (χ0) is 13.5. The quantitative estimate of drug-likeness (QED) is 0.698. The van der Waals surface area contributed by atoms with Gasteiger partial charge < -0.3 is 15.3 Å². The van der Waals surface area contributed by atoms with Gasteiger partial charge in [-0.1, -0.05) is 20.3 Å². The summed E-state index contributed by atoms with van der Waals surface area (Å²) in [6.45, 7) is 4.97. The van der Waals surface area contributed by atoms with Crippen LogP contribution in [0.4, 0.5) is 4.79 Å². The SMILES string of the molecule is CCCC(CNC(=O)N(CCC)C1CC1)C(=O)O. The number of amides is 2. The Bertz CT molecular complexity index is 290. The van der Waals surface area contributed by atoms with Crippen LogP contribution in [0.15, 0.2) is 0 Å². The Hall–Kier alpha value is -1.26. The predicted octanol–water partition coefficient (Wildman–Crippen LogP) is 2.07. The van der Waals surface area contributed by atoms with Crippen molar-refractivity contribution in [1.29, 1.82) is 0 Å². The minimum Gasteiger partial charge on any atom is -0.481 e. The topological polar surface area (TPSA) is 69.6 Å². The van der Waals surface area contributed by atoms with Gasteiger partial charge in [-0.25, -0.2) is 4.79 Å². The molecule has 18 heavy (non-hydrogen) atoms. The summed E-state index contributed by atoms with van der Waals surface area (Å²) in [7, 11) is 0. The molecule has 0 spiro atoms. The van der Waals surface area contributed by atoms with Crippen LogP contribution in [0.2, 0.25) is 0 Å². The van der Waals surface area contributed by atoms with E-state index in [2.05, 4.69) is 5.32 Å². The van der Waals surface area contributed by atoms with Gasteiger partial charge in [-0.05, 0) is 25.7 Å². The van der Waals surface area contributed by atoms with Crippen molar-refractivity contribution in [2.24, 2.45) is 5.92 Å². The molecular weight excluding hydrogens is 232 g/mol. The summed E-state index contributed by atoms with van der Waals surface area (Å²) < 4.78 is 0. The fraction of sp³-hybridized carbons (Fsp3) is 0.846. The number of aliphatic carboxylic acids is 1. The molecule has 0 aromatic rings. The minimum absolute atomic E-state index is 0.110. The number of hydrogen-bond acceptors (Lipinski definition) is 2. The van der Waals surface area contributed by atoms with Crippen LogP contribution in [0.1, 0.15) is 46.0 Å². The average molecular weight is 256 g/mol. The maximum Gasteiger partial charge on any atom is 0.317 e. The normalized spacial score (nSPS) is 16.1. The highest BCUT2D eigenvalue weighted by atomic mass is 16.4. The molecule has 2 N–H and O–H groups in total. The number of rotatable bonds is 8. The van der Waals surface area contributed by atoms with Gasteiger partial charge in [-0.3, -0.25) is 4.79 Å². The minimum atomic E-state index is -0.828. The molecule has 1 fully saturated rings. The van der Waals surface area contributed by atoms with Gasteiger partial charge in [-0.2, -0.15) is 0 Å². The van der Waals surface area contributed by atoms with Crippen LogP contribution in [-0.2, 0) is 4.79 Å². The first-order valence-corrected chi connectivity index (χ1v) is 6.87. The van der Waals surface area contributed by atoms with E-state index in [-0.39, 0.29) is 12.6 Å². The molecule has 0 aromatic heterocycles. The molecule has 0 aromatic carbocycles. The van der Waals surface area contributed by atoms with E-state index in [1.54, 1.807) is 0 Å². The summed E-state index contributed by atoms with van der Waals surface area (Å²) >= 11 is 0. The Kier molecular flexibility index (Phi) is 5.95. The summed E-state index contributed by atoms with van der Waals surface area (Å²) in [6.07, 6.45) is 4.50. The number of carbonyl (C=O) groups is 2. The van der Waals surface area contributed by atoms with Gasteiger partial charge in [0, 0.05) is 19.1 Å². The summed E-state index contributed by atoms with van der Waals surface area (Å²) in [5, 5.41) is 11.8. The van der Waals surface area contributed by atoms with Gasteiger partial charge in [0.25, 0.3) is 0 Å². The van der Waals surface area contributed by atoms with Crippen molar-refractivity contribution in [1.82, 2.24) is 10.2 Å². The van der Waals surface area contributed by atoms with E-state index in [0.29, 0.717) is 12.5 Å². The average Bonchev–Trinajstić information content (AvgIpc) is 3.14. The van der Waals surface area contributed by atoms with Crippen LogP contribution in [-0.4, -0.2) is 41.1 Å². The van der Waals surface area contributed by atoms with Gasteiger partial charge in [0.2, 0.25) is 0 Å². The second-order valence-electron chi connectivity index (χ2n) is 4.93. The molecule has 0 aliphatic heterocycles. The lowest BCUT2D eigenvalue weighted by Crippen LogP contribution is -2.44. The lowest BCUT2D eigenvalue weighted by atomic mass is 10.0. The van der Waals surface area contributed by atoms with Crippen molar-refractivity contribution >= 4 is 12.0 Å². The first kappa shape index (κ1) is 14.8. The lowest BCUT2D eigenvalue weighted by Gasteiger charge is -2.23. The number of carboxylic acid groups (broad SMARTS) is 1. The Morgan fingerprint density at radius 3 is 2.44 bits per heavy atom. The highest BCUT2D eigenvalue weighted by Gasteiger charge is 2.32. The highest BCUT2D eigenvalue weighted by Crippen LogP contribution is 2.26. The molecule has 1 aliphatic rings. The zero-order valence-corrected chi connectivity index (χ0v) is 11.3. The monoisotopic (exact) mass is 256 g/mol. The molecule has 1 aliphatic carbocycles. The molecule has 1 atom stereocenters. The van der Waals surface area contributed by atoms with Crippen molar-refractivity contribution < 1.29 is 14.7 Å². The summed E-state index contributed by atoms with van der Waals surface area (Å²) in [5.74, 6) is -1.30. The third-order valence-corrected chi connectivity index (χ3v) is 3.20. The maximum absolute atomic E-state index is 12.0. The number of carbonyl (C=O) groups excluding carboxylic acids is 1. The predicted molar refractivity (Wildman–Crippen MR) is 69.5 cm³/mol. The Morgan fingerprint density at radius 1 is 1.33 bits per heavy atom. The molecule has 5 heteroatoms. The van der Waals surface area contributed by atoms with E-state index >= 15 is 0 Å². The zero-order valence-electron chi connectivity index (χ0n) is 11.3. The maximum atomic E-state index is 12.0. The molecule has 104 valence electrons. The number of nitrogens with one attached hydrogen (secondary N) is 1. The van der Waals surface area contributed by atoms with E-state index in [0.717, 1.165) is 32.2 Å². The Labute approximate surface area is 109 Å². The molecule has 0 bridgehead atoms. The van der Waals surface area contributed by atoms with Crippen LogP contribution in [0.5, 0.6) is 0 Å². The molecule has 0 heterocycles. The van der Waals surface area contributed by atoms with Gasteiger partial charge in [0.05, 0.1) is 5.92 Å². The Morgan fingerprint density at radius 2 is 2.00 bits per heavy atom. The second-order valence-corrected chi connectivity index (χ2v) is 4.93. The van der Waals surface area contributed by atoms with Gasteiger partial charge >= 0.3 is 12.0 Å². The van der Waals surface area contributed by atoms with E-state index in [1.165, 1.54) is 0 Å². The molecule has 5 nitrogen and oxygen atoms in total. The van der Waals surface area contributed by atoms with E-state index < -0.39 is 11.9 Å². The largest absolute Gasteiger partial charge is 0.481 e. The number of hydrogen-bond donors (Lipinski definition) is 2. The van der Waals surface area contributed by atoms with Crippen molar-refractivity contribution in [3.05, 3.63) is 0 Å². The third kappa shape index (κ3) is 4.55. The van der Waals surface area contributed by atoms with E-state index in [9.17, 15) is 9.59 Å². The summed E-state index contributed by atoms with van der Waals surface area (Å²) in [4.78, 5) is 24.8. The molecular formula is C13H24N2O3. The number of nitrogens with zero attached hydrogens (tertiary/aromatic N) is 1. The van der Waals surface area contributed by atoms with Crippen LogP contribution < -0.4 is 5.32 Å². The van der Waals surface area contributed by atoms with E-state index in [1.807, 2.05) is 18.7 Å². The smallest absolute Gasteiger partial charge is 0.317 e. The van der Waals surface area contributed by atoms with Crippen molar-refractivity contribution in [2.75, 3.05) is 13.1 Å². The van der Waals surface area contributed by atoms with Gasteiger partial charge in [0.1, 0.15) is 0 Å². The fourth-order valence-corrected chi connectivity index (χ4v) is 2.05. The van der Waals surface area contributed by atoms with Crippen molar-refractivity contribution in [2.45, 2.75) is 52.0 Å². The number of carboxylic acids is 1. The molecule has 1 saturated carbocycles. The van der Waals surface area contributed by atoms with Crippen molar-refractivity contribution in [3.63, 3.8) is 0 Å². The van der Waals surface area contributed by atoms with Crippen molar-refractivity contribution in [3.8, 4) is 0 Å².